The molecule has 0 saturated carbocycles. The van der Waals surface area contributed by atoms with E-state index in [1.54, 1.807) is 14.2 Å². The molecule has 5 heteroatoms. The quantitative estimate of drug-likeness (QED) is 0.817. The second-order valence-electron chi connectivity index (χ2n) is 4.24. The number of hydrogen-bond donors (Lipinski definition) is 1. The standard InChI is InChI=1S/C14H19N3O2/c1-4-8-17-11(9-16-14(17)15)10-6-5-7-12(18-2)13(10)19-3/h4-7,11H,1,8-9H2,2-3H3,(H2,15,16). The maximum absolute atomic E-state index is 5.91. The predicted octanol–water partition coefficient (Wildman–Crippen LogP) is 1.56. The molecule has 1 aliphatic rings. The number of methoxy groups -OCH3 is 2. The molecule has 19 heavy (non-hydrogen) atoms. The van der Waals surface area contributed by atoms with Gasteiger partial charge in [-0.05, 0) is 6.07 Å². The lowest BCUT2D eigenvalue weighted by Gasteiger charge is -2.26. The molecule has 1 aliphatic heterocycles. The van der Waals surface area contributed by atoms with Gasteiger partial charge in [-0.15, -0.1) is 6.58 Å². The average Bonchev–Trinajstić information content (AvgIpc) is 2.79. The van der Waals surface area contributed by atoms with Crippen molar-refractivity contribution >= 4 is 5.96 Å². The van der Waals surface area contributed by atoms with E-state index < -0.39 is 0 Å². The lowest BCUT2D eigenvalue weighted by Crippen LogP contribution is -2.36. The third-order valence-electron chi connectivity index (χ3n) is 3.21. The smallest absolute Gasteiger partial charge is 0.192 e. The van der Waals surface area contributed by atoms with Gasteiger partial charge in [-0.2, -0.15) is 0 Å². The zero-order valence-electron chi connectivity index (χ0n) is 11.3. The molecule has 0 spiro atoms. The van der Waals surface area contributed by atoms with Gasteiger partial charge in [-0.1, -0.05) is 18.2 Å². The number of ether oxygens (including phenoxy) is 2. The summed E-state index contributed by atoms with van der Waals surface area (Å²) < 4.78 is 10.8. The van der Waals surface area contributed by atoms with Gasteiger partial charge in [0.15, 0.2) is 17.5 Å². The van der Waals surface area contributed by atoms with Gasteiger partial charge in [-0.25, -0.2) is 0 Å². The topological polar surface area (TPSA) is 60.1 Å². The van der Waals surface area contributed by atoms with Crippen molar-refractivity contribution in [1.82, 2.24) is 4.90 Å². The summed E-state index contributed by atoms with van der Waals surface area (Å²) >= 11 is 0. The zero-order chi connectivity index (χ0) is 13.8. The molecule has 0 aliphatic carbocycles. The van der Waals surface area contributed by atoms with E-state index >= 15 is 0 Å². The van der Waals surface area contributed by atoms with Crippen LogP contribution in [0.25, 0.3) is 0 Å². The molecule has 1 atom stereocenters. The molecule has 0 bridgehead atoms. The van der Waals surface area contributed by atoms with Gasteiger partial charge in [0.1, 0.15) is 0 Å². The van der Waals surface area contributed by atoms with E-state index in [9.17, 15) is 0 Å². The fourth-order valence-electron chi connectivity index (χ4n) is 2.33. The summed E-state index contributed by atoms with van der Waals surface area (Å²) in [7, 11) is 3.26. The molecule has 0 aromatic heterocycles. The first-order valence-electron chi connectivity index (χ1n) is 6.11. The maximum Gasteiger partial charge on any atom is 0.192 e. The van der Waals surface area contributed by atoms with Crippen LogP contribution in [-0.2, 0) is 0 Å². The predicted molar refractivity (Wildman–Crippen MR) is 75.7 cm³/mol. The Bertz CT molecular complexity index is 499. The third kappa shape index (κ3) is 2.36. The van der Waals surface area contributed by atoms with E-state index in [0.717, 1.165) is 11.3 Å². The van der Waals surface area contributed by atoms with Crippen LogP contribution in [0.3, 0.4) is 0 Å². The largest absolute Gasteiger partial charge is 0.493 e. The van der Waals surface area contributed by atoms with Crippen LogP contribution in [0.15, 0.2) is 35.8 Å². The van der Waals surface area contributed by atoms with Crippen LogP contribution >= 0.6 is 0 Å². The van der Waals surface area contributed by atoms with Crippen LogP contribution in [-0.4, -0.2) is 38.2 Å². The molecule has 102 valence electrons. The van der Waals surface area contributed by atoms with Crippen LogP contribution in [0.2, 0.25) is 0 Å². The summed E-state index contributed by atoms with van der Waals surface area (Å²) in [5.74, 6) is 1.98. The van der Waals surface area contributed by atoms with Gasteiger partial charge in [0.05, 0.1) is 26.8 Å². The van der Waals surface area contributed by atoms with Crippen molar-refractivity contribution in [3.05, 3.63) is 36.4 Å². The Morgan fingerprint density at radius 3 is 2.89 bits per heavy atom. The van der Waals surface area contributed by atoms with Crippen molar-refractivity contribution in [2.75, 3.05) is 27.3 Å². The second-order valence-corrected chi connectivity index (χ2v) is 4.24. The van der Waals surface area contributed by atoms with E-state index in [1.165, 1.54) is 0 Å². The van der Waals surface area contributed by atoms with E-state index in [2.05, 4.69) is 11.6 Å². The van der Waals surface area contributed by atoms with Crippen molar-refractivity contribution < 1.29 is 9.47 Å². The van der Waals surface area contributed by atoms with Crippen LogP contribution in [0.4, 0.5) is 0 Å². The lowest BCUT2D eigenvalue weighted by atomic mass is 10.0. The summed E-state index contributed by atoms with van der Waals surface area (Å²) in [5, 5.41) is 0. The SMILES string of the molecule is C=CCN1C(N)=NCC1c1cccc(OC)c1OC. The van der Waals surface area contributed by atoms with Crippen molar-refractivity contribution in [2.45, 2.75) is 6.04 Å². The zero-order valence-corrected chi connectivity index (χ0v) is 11.3. The minimum absolute atomic E-state index is 0.0584. The van der Waals surface area contributed by atoms with Crippen molar-refractivity contribution in [1.29, 1.82) is 0 Å². The molecule has 1 aromatic rings. The van der Waals surface area contributed by atoms with E-state index in [0.29, 0.717) is 24.8 Å². The minimum atomic E-state index is 0.0584. The van der Waals surface area contributed by atoms with Gasteiger partial charge in [-0.3, -0.25) is 4.99 Å². The summed E-state index contributed by atoms with van der Waals surface area (Å²) in [6, 6.07) is 5.88. The molecule has 0 radical (unpaired) electrons. The molecular formula is C14H19N3O2. The van der Waals surface area contributed by atoms with E-state index in [-0.39, 0.29) is 6.04 Å². The van der Waals surface area contributed by atoms with Crippen LogP contribution in [0, 0.1) is 0 Å². The summed E-state index contributed by atoms with van der Waals surface area (Å²) in [4.78, 5) is 6.31. The molecule has 2 N–H and O–H groups in total. The molecule has 5 nitrogen and oxygen atoms in total. The Hall–Kier alpha value is -2.17. The van der Waals surface area contributed by atoms with Crippen LogP contribution < -0.4 is 15.2 Å². The third-order valence-corrected chi connectivity index (χ3v) is 3.21. The summed E-state index contributed by atoms with van der Waals surface area (Å²) in [6.07, 6.45) is 1.81. The van der Waals surface area contributed by atoms with Gasteiger partial charge >= 0.3 is 0 Å². The number of nitrogens with two attached hydrogens (primary N) is 1. The Morgan fingerprint density at radius 1 is 1.47 bits per heavy atom. The number of rotatable bonds is 5. The molecular weight excluding hydrogens is 242 g/mol. The first kappa shape index (κ1) is 13.3. The van der Waals surface area contributed by atoms with Crippen molar-refractivity contribution in [3.8, 4) is 11.5 Å². The highest BCUT2D eigenvalue weighted by molar-refractivity contribution is 5.80. The molecule has 0 amide bonds. The fraction of sp³-hybridized carbons (Fsp3) is 0.357. The number of para-hydroxylation sites is 1. The molecule has 2 rings (SSSR count). The number of hydrogen-bond acceptors (Lipinski definition) is 5. The average molecular weight is 261 g/mol. The highest BCUT2D eigenvalue weighted by Crippen LogP contribution is 2.38. The first-order chi connectivity index (χ1) is 9.22. The molecule has 0 saturated heterocycles. The van der Waals surface area contributed by atoms with Gasteiger partial charge in [0.2, 0.25) is 0 Å². The monoisotopic (exact) mass is 261 g/mol. The highest BCUT2D eigenvalue weighted by Gasteiger charge is 2.29. The molecule has 0 fully saturated rings. The maximum atomic E-state index is 5.91. The van der Waals surface area contributed by atoms with Crippen molar-refractivity contribution in [2.24, 2.45) is 10.7 Å². The Kier molecular flexibility index (Phi) is 3.94. The first-order valence-corrected chi connectivity index (χ1v) is 6.11. The van der Waals surface area contributed by atoms with Gasteiger partial charge < -0.3 is 20.1 Å². The number of nitrogens with zero attached hydrogens (tertiary/aromatic N) is 2. The minimum Gasteiger partial charge on any atom is -0.493 e. The lowest BCUT2D eigenvalue weighted by molar-refractivity contribution is 0.329. The second kappa shape index (κ2) is 5.65. The summed E-state index contributed by atoms with van der Waals surface area (Å²) in [5.41, 5.74) is 6.93. The normalized spacial score (nSPS) is 18.1. The fourth-order valence-corrected chi connectivity index (χ4v) is 2.33. The summed E-state index contributed by atoms with van der Waals surface area (Å²) in [6.45, 7) is 5.02. The molecule has 1 heterocycles. The van der Waals surface area contributed by atoms with Gasteiger partial charge in [0.25, 0.3) is 0 Å². The van der Waals surface area contributed by atoms with E-state index in [1.807, 2.05) is 29.2 Å². The Balaban J connectivity index is 2.39. The van der Waals surface area contributed by atoms with E-state index in [4.69, 9.17) is 15.2 Å². The Morgan fingerprint density at radius 2 is 2.26 bits per heavy atom. The number of benzene rings is 1. The van der Waals surface area contributed by atoms with Crippen LogP contribution in [0.5, 0.6) is 11.5 Å². The van der Waals surface area contributed by atoms with Crippen molar-refractivity contribution in [3.63, 3.8) is 0 Å². The highest BCUT2D eigenvalue weighted by atomic mass is 16.5. The number of aliphatic imine (C=N–C) groups is 1. The number of guanidine groups is 1. The molecule has 1 aromatic carbocycles. The van der Waals surface area contributed by atoms with Crippen LogP contribution in [0.1, 0.15) is 11.6 Å². The molecule has 1 unspecified atom stereocenters. The van der Waals surface area contributed by atoms with Gasteiger partial charge in [0, 0.05) is 12.1 Å². The Labute approximate surface area is 113 Å².